The molecule has 7 nitrogen and oxygen atoms in total. The maximum atomic E-state index is 14.9. The van der Waals surface area contributed by atoms with Crippen LogP contribution in [-0.2, 0) is 16.1 Å². The molecule has 0 N–H and O–H groups in total. The molecule has 166 valence electrons. The Hall–Kier alpha value is -3.69. The average molecular weight is 444 g/mol. The van der Waals surface area contributed by atoms with Gasteiger partial charge in [0.25, 0.3) is 5.89 Å². The number of amides is 2. The lowest BCUT2D eigenvalue weighted by Crippen LogP contribution is -2.56. The molecule has 0 saturated carbocycles. The van der Waals surface area contributed by atoms with Gasteiger partial charge in [0, 0.05) is 36.8 Å². The Balaban J connectivity index is 1.56. The summed E-state index contributed by atoms with van der Waals surface area (Å²) in [5, 5.41) is 6.76. The molecule has 1 aromatic heterocycles. The van der Waals surface area contributed by atoms with Crippen molar-refractivity contribution in [3.8, 4) is 11.5 Å². The van der Waals surface area contributed by atoms with Gasteiger partial charge in [0.2, 0.25) is 17.7 Å². The normalized spacial score (nSPS) is 13.8. The number of carbonyl (C=O) groups excluding carboxylic acids is 2. The van der Waals surface area contributed by atoms with Crippen molar-refractivity contribution in [3.05, 3.63) is 65.8 Å². The summed E-state index contributed by atoms with van der Waals surface area (Å²) in [5.41, 5.74) is 0.974. The van der Waals surface area contributed by atoms with Crippen molar-refractivity contribution in [2.24, 2.45) is 5.92 Å². The molecular formula is C22H19F3N4O3. The largest absolute Gasteiger partial charge is 0.415 e. The van der Waals surface area contributed by atoms with Gasteiger partial charge in [0.1, 0.15) is 5.82 Å². The number of halogens is 3. The van der Waals surface area contributed by atoms with Crippen molar-refractivity contribution in [2.45, 2.75) is 19.9 Å². The smallest absolute Gasteiger partial charge is 0.314 e. The Morgan fingerprint density at radius 1 is 1.16 bits per heavy atom. The summed E-state index contributed by atoms with van der Waals surface area (Å²) in [5.74, 6) is -2.39. The van der Waals surface area contributed by atoms with E-state index in [1.807, 2.05) is 0 Å². The van der Waals surface area contributed by atoms with Crippen molar-refractivity contribution in [2.75, 3.05) is 18.0 Å². The second kappa shape index (κ2) is 8.81. The molecule has 32 heavy (non-hydrogen) atoms. The Kier molecular flexibility index (Phi) is 5.93. The zero-order valence-electron chi connectivity index (χ0n) is 17.0. The third-order valence-corrected chi connectivity index (χ3v) is 5.27. The third kappa shape index (κ3) is 4.34. The molecule has 0 aliphatic carbocycles. The van der Waals surface area contributed by atoms with E-state index in [1.165, 1.54) is 24.0 Å². The highest BCUT2D eigenvalue weighted by atomic mass is 19.3. The maximum Gasteiger partial charge on any atom is 0.314 e. The minimum atomic E-state index is -2.92. The van der Waals surface area contributed by atoms with Crippen molar-refractivity contribution in [1.82, 2.24) is 15.1 Å². The number of anilines is 1. The molecule has 0 bridgehead atoms. The van der Waals surface area contributed by atoms with Gasteiger partial charge < -0.3 is 14.2 Å². The first-order chi connectivity index (χ1) is 15.3. The van der Waals surface area contributed by atoms with E-state index in [0.29, 0.717) is 18.8 Å². The van der Waals surface area contributed by atoms with E-state index in [0.717, 1.165) is 6.07 Å². The van der Waals surface area contributed by atoms with E-state index >= 15 is 0 Å². The molecule has 10 heteroatoms. The molecule has 0 radical (unpaired) electrons. The summed E-state index contributed by atoms with van der Waals surface area (Å²) in [4.78, 5) is 27.6. The number of rotatable bonds is 6. The van der Waals surface area contributed by atoms with Gasteiger partial charge in [-0.1, -0.05) is 24.3 Å². The predicted octanol–water partition coefficient (Wildman–Crippen LogP) is 3.82. The summed E-state index contributed by atoms with van der Waals surface area (Å²) < 4.78 is 45.1. The van der Waals surface area contributed by atoms with Crippen molar-refractivity contribution >= 4 is 17.5 Å². The van der Waals surface area contributed by atoms with E-state index in [4.69, 9.17) is 4.42 Å². The number of hydrogen-bond donors (Lipinski definition) is 0. The van der Waals surface area contributed by atoms with E-state index < -0.39 is 18.1 Å². The summed E-state index contributed by atoms with van der Waals surface area (Å²) in [7, 11) is 0. The minimum absolute atomic E-state index is 0.0440. The minimum Gasteiger partial charge on any atom is -0.415 e. The summed E-state index contributed by atoms with van der Waals surface area (Å²) in [6.45, 7) is 2.04. The second-order valence-electron chi connectivity index (χ2n) is 7.43. The number of aromatic nitrogens is 2. The monoisotopic (exact) mass is 444 g/mol. The van der Waals surface area contributed by atoms with Crippen molar-refractivity contribution in [1.29, 1.82) is 0 Å². The third-order valence-electron chi connectivity index (χ3n) is 5.27. The van der Waals surface area contributed by atoms with Crippen LogP contribution < -0.4 is 4.90 Å². The van der Waals surface area contributed by atoms with E-state index in [9.17, 15) is 22.8 Å². The molecule has 2 heterocycles. The summed E-state index contributed by atoms with van der Waals surface area (Å²) >= 11 is 0. The van der Waals surface area contributed by atoms with Gasteiger partial charge in [-0.15, -0.1) is 10.2 Å². The van der Waals surface area contributed by atoms with Crippen LogP contribution in [0.2, 0.25) is 0 Å². The molecule has 1 aliphatic rings. The number of para-hydroxylation sites is 1. The average Bonchev–Trinajstić information content (AvgIpc) is 3.22. The Morgan fingerprint density at radius 3 is 2.47 bits per heavy atom. The Morgan fingerprint density at radius 2 is 1.88 bits per heavy atom. The van der Waals surface area contributed by atoms with Gasteiger partial charge in [0.05, 0.1) is 12.5 Å². The van der Waals surface area contributed by atoms with Crippen LogP contribution in [0.25, 0.3) is 11.5 Å². The van der Waals surface area contributed by atoms with Crippen molar-refractivity contribution in [3.63, 3.8) is 0 Å². The van der Waals surface area contributed by atoms with E-state index in [-0.39, 0.29) is 41.3 Å². The molecule has 1 saturated heterocycles. The lowest BCUT2D eigenvalue weighted by atomic mass is 9.97. The van der Waals surface area contributed by atoms with Crippen LogP contribution in [-0.4, -0.2) is 40.0 Å². The molecule has 1 fully saturated rings. The predicted molar refractivity (Wildman–Crippen MR) is 108 cm³/mol. The van der Waals surface area contributed by atoms with Gasteiger partial charge in [0.15, 0.2) is 0 Å². The fourth-order valence-electron chi connectivity index (χ4n) is 3.43. The van der Waals surface area contributed by atoms with Crippen molar-refractivity contribution < 1.29 is 27.2 Å². The number of likely N-dealkylation sites (tertiary alicyclic amines) is 1. The Labute approximate surface area is 181 Å². The van der Waals surface area contributed by atoms with Crippen LogP contribution in [0.5, 0.6) is 0 Å². The fourth-order valence-corrected chi connectivity index (χ4v) is 3.43. The molecule has 0 unspecified atom stereocenters. The molecule has 0 atom stereocenters. The van der Waals surface area contributed by atoms with Gasteiger partial charge in [-0.25, -0.2) is 4.39 Å². The number of hydrogen-bond acceptors (Lipinski definition) is 5. The second-order valence-corrected chi connectivity index (χ2v) is 7.43. The number of benzene rings is 2. The molecule has 0 spiro atoms. The lowest BCUT2D eigenvalue weighted by Gasteiger charge is -2.40. The van der Waals surface area contributed by atoms with Crippen LogP contribution in [0, 0.1) is 11.7 Å². The first kappa shape index (κ1) is 21.5. The zero-order chi connectivity index (χ0) is 22.8. The summed E-state index contributed by atoms with van der Waals surface area (Å²) in [6.07, 6.45) is -2.92. The van der Waals surface area contributed by atoms with Gasteiger partial charge in [-0.05, 0) is 24.3 Å². The molecule has 1 aliphatic heterocycles. The summed E-state index contributed by atoms with van der Waals surface area (Å²) in [6, 6.07) is 12.9. The van der Waals surface area contributed by atoms with Gasteiger partial charge in [-0.2, -0.15) is 8.78 Å². The highest BCUT2D eigenvalue weighted by Crippen LogP contribution is 2.28. The van der Waals surface area contributed by atoms with Gasteiger partial charge >= 0.3 is 6.43 Å². The quantitative estimate of drug-likeness (QED) is 0.578. The van der Waals surface area contributed by atoms with Crippen LogP contribution >= 0.6 is 0 Å². The van der Waals surface area contributed by atoms with E-state index in [2.05, 4.69) is 10.2 Å². The zero-order valence-corrected chi connectivity index (χ0v) is 17.0. The Bertz CT molecular complexity index is 1130. The molecule has 3 aromatic rings. The molecular weight excluding hydrogens is 425 g/mol. The topological polar surface area (TPSA) is 79.5 Å². The number of carbonyl (C=O) groups is 2. The van der Waals surface area contributed by atoms with Gasteiger partial charge in [-0.3, -0.25) is 9.59 Å². The molecule has 2 aromatic carbocycles. The van der Waals surface area contributed by atoms with Crippen LogP contribution in [0.1, 0.15) is 24.8 Å². The van der Waals surface area contributed by atoms with Crippen LogP contribution in [0.3, 0.4) is 0 Å². The molecule has 4 rings (SSSR count). The first-order valence-electron chi connectivity index (χ1n) is 9.85. The van der Waals surface area contributed by atoms with Crippen LogP contribution in [0.4, 0.5) is 18.9 Å². The van der Waals surface area contributed by atoms with Crippen LogP contribution in [0.15, 0.2) is 52.9 Å². The standard InChI is InChI=1S/C22H19F3N4O3/c1-13(30)28-10-16(11-28)22(31)29(17-5-3-2-4-6-17)12-15-8-7-14(9-18(15)23)20-26-27-21(32-20)19(24)25/h2-9,16,19H,10-12H2,1H3. The highest BCUT2D eigenvalue weighted by molar-refractivity contribution is 5.96. The number of nitrogens with zero attached hydrogens (tertiary/aromatic N) is 4. The highest BCUT2D eigenvalue weighted by Gasteiger charge is 2.37. The number of alkyl halides is 2. The lowest BCUT2D eigenvalue weighted by molar-refractivity contribution is -0.140. The SMILES string of the molecule is CC(=O)N1CC(C(=O)N(Cc2ccc(-c3nnc(C(F)F)o3)cc2F)c2ccccc2)C1. The van der Waals surface area contributed by atoms with E-state index in [1.54, 1.807) is 35.2 Å². The maximum absolute atomic E-state index is 14.9. The fraction of sp³-hybridized carbons (Fsp3) is 0.273. The molecule has 2 amide bonds. The first-order valence-corrected chi connectivity index (χ1v) is 9.85.